The highest BCUT2D eigenvalue weighted by molar-refractivity contribution is 5.99. The quantitative estimate of drug-likeness (QED) is 0.838. The number of aliphatic imine (C=N–C) groups is 1. The van der Waals surface area contributed by atoms with Crippen molar-refractivity contribution in [1.82, 2.24) is 5.32 Å². The standard InChI is InChI=1S/C14H19N3O/c1-2-7-13-12(6-1)17-14(10-18-13)16-9-11-5-3-4-8-15-11/h1-2,6-7,11,15H,3-5,8-10H2,(H,16,17). The number of nitrogens with zero attached hydrogens (tertiary/aromatic N) is 1. The molecule has 0 bridgehead atoms. The molecule has 1 atom stereocenters. The second-order valence-electron chi connectivity index (χ2n) is 4.84. The van der Waals surface area contributed by atoms with Crippen molar-refractivity contribution in [3.8, 4) is 5.75 Å². The summed E-state index contributed by atoms with van der Waals surface area (Å²) in [4.78, 5) is 4.62. The third kappa shape index (κ3) is 2.64. The molecule has 96 valence electrons. The van der Waals surface area contributed by atoms with Crippen LogP contribution in [0.4, 0.5) is 5.69 Å². The molecule has 2 aliphatic rings. The van der Waals surface area contributed by atoms with Crippen LogP contribution < -0.4 is 15.4 Å². The fraction of sp³-hybridized carbons (Fsp3) is 0.500. The monoisotopic (exact) mass is 245 g/mol. The molecule has 4 heteroatoms. The molecule has 0 saturated carbocycles. The molecule has 0 radical (unpaired) electrons. The van der Waals surface area contributed by atoms with Gasteiger partial charge in [0.2, 0.25) is 0 Å². The smallest absolute Gasteiger partial charge is 0.146 e. The van der Waals surface area contributed by atoms with Crippen molar-refractivity contribution in [2.45, 2.75) is 25.3 Å². The summed E-state index contributed by atoms with van der Waals surface area (Å²) in [5, 5.41) is 6.84. The maximum absolute atomic E-state index is 5.66. The van der Waals surface area contributed by atoms with Gasteiger partial charge in [-0.05, 0) is 31.5 Å². The minimum absolute atomic E-state index is 0.533. The minimum atomic E-state index is 0.533. The third-order valence-electron chi connectivity index (χ3n) is 3.45. The SMILES string of the molecule is c1ccc2c(c1)NC(=NCC1CCCCN1)CO2. The maximum Gasteiger partial charge on any atom is 0.146 e. The van der Waals surface area contributed by atoms with E-state index in [1.165, 1.54) is 19.3 Å². The van der Waals surface area contributed by atoms with Crippen LogP contribution >= 0.6 is 0 Å². The number of anilines is 1. The van der Waals surface area contributed by atoms with Gasteiger partial charge in [-0.2, -0.15) is 0 Å². The lowest BCUT2D eigenvalue weighted by Gasteiger charge is -2.24. The van der Waals surface area contributed by atoms with Crippen LogP contribution in [0.25, 0.3) is 0 Å². The molecule has 0 spiro atoms. The second kappa shape index (κ2) is 5.40. The summed E-state index contributed by atoms with van der Waals surface area (Å²) in [5.41, 5.74) is 1.01. The van der Waals surface area contributed by atoms with E-state index < -0.39 is 0 Å². The first-order chi connectivity index (χ1) is 8.92. The second-order valence-corrected chi connectivity index (χ2v) is 4.84. The fourth-order valence-corrected chi connectivity index (χ4v) is 2.42. The molecule has 0 aliphatic carbocycles. The van der Waals surface area contributed by atoms with Gasteiger partial charge in [0.1, 0.15) is 18.2 Å². The summed E-state index contributed by atoms with van der Waals surface area (Å²) >= 11 is 0. The van der Waals surface area contributed by atoms with Gasteiger partial charge in [0, 0.05) is 6.04 Å². The molecule has 3 rings (SSSR count). The topological polar surface area (TPSA) is 45.7 Å². The highest BCUT2D eigenvalue weighted by atomic mass is 16.5. The summed E-state index contributed by atoms with van der Waals surface area (Å²) in [6.45, 7) is 2.51. The van der Waals surface area contributed by atoms with E-state index in [2.05, 4.69) is 15.6 Å². The Labute approximate surface area is 107 Å². The molecule has 1 aromatic rings. The Bertz CT molecular complexity index is 438. The van der Waals surface area contributed by atoms with Crippen LogP contribution in [-0.4, -0.2) is 31.6 Å². The van der Waals surface area contributed by atoms with Crippen molar-refractivity contribution in [3.05, 3.63) is 24.3 Å². The van der Waals surface area contributed by atoms with Gasteiger partial charge < -0.3 is 15.4 Å². The Balaban J connectivity index is 1.61. The van der Waals surface area contributed by atoms with Crippen LogP contribution in [0.2, 0.25) is 0 Å². The van der Waals surface area contributed by atoms with Crippen LogP contribution in [0, 0.1) is 0 Å². The van der Waals surface area contributed by atoms with E-state index in [-0.39, 0.29) is 0 Å². The van der Waals surface area contributed by atoms with E-state index in [0.29, 0.717) is 12.6 Å². The Kier molecular flexibility index (Phi) is 3.46. The first-order valence-electron chi connectivity index (χ1n) is 6.67. The first kappa shape index (κ1) is 11.5. The van der Waals surface area contributed by atoms with E-state index in [4.69, 9.17) is 4.74 Å². The number of para-hydroxylation sites is 2. The summed E-state index contributed by atoms with van der Waals surface area (Å²) in [6.07, 6.45) is 3.84. The molecule has 2 heterocycles. The van der Waals surface area contributed by atoms with E-state index in [1.807, 2.05) is 24.3 Å². The number of benzene rings is 1. The number of hydrogen-bond acceptors (Lipinski definition) is 3. The number of fused-ring (bicyclic) bond motifs is 1. The van der Waals surface area contributed by atoms with E-state index in [1.54, 1.807) is 0 Å². The average molecular weight is 245 g/mol. The van der Waals surface area contributed by atoms with Gasteiger partial charge >= 0.3 is 0 Å². The summed E-state index contributed by atoms with van der Waals surface area (Å²) in [7, 11) is 0. The first-order valence-corrected chi connectivity index (χ1v) is 6.67. The lowest BCUT2D eigenvalue weighted by atomic mass is 10.1. The largest absolute Gasteiger partial charge is 0.484 e. The van der Waals surface area contributed by atoms with Crippen LogP contribution in [0.3, 0.4) is 0 Å². The summed E-state index contributed by atoms with van der Waals surface area (Å²) in [5.74, 6) is 1.84. The molecule has 4 nitrogen and oxygen atoms in total. The summed E-state index contributed by atoms with van der Waals surface area (Å²) in [6, 6.07) is 8.50. The van der Waals surface area contributed by atoms with Crippen molar-refractivity contribution >= 4 is 11.5 Å². The average Bonchev–Trinajstić information content (AvgIpc) is 2.46. The highest BCUT2D eigenvalue weighted by Crippen LogP contribution is 2.26. The molecule has 2 N–H and O–H groups in total. The third-order valence-corrected chi connectivity index (χ3v) is 3.45. The number of piperidine rings is 1. The van der Waals surface area contributed by atoms with Crippen molar-refractivity contribution in [1.29, 1.82) is 0 Å². The zero-order valence-corrected chi connectivity index (χ0v) is 10.5. The summed E-state index contributed by atoms with van der Waals surface area (Å²) < 4.78 is 5.66. The Morgan fingerprint density at radius 3 is 3.11 bits per heavy atom. The van der Waals surface area contributed by atoms with E-state index in [0.717, 1.165) is 30.4 Å². The van der Waals surface area contributed by atoms with Crippen molar-refractivity contribution in [3.63, 3.8) is 0 Å². The lowest BCUT2D eigenvalue weighted by molar-refractivity contribution is 0.370. The van der Waals surface area contributed by atoms with Gasteiger partial charge in [-0.25, -0.2) is 0 Å². The molecule has 1 saturated heterocycles. The number of rotatable bonds is 2. The number of ether oxygens (including phenoxy) is 1. The predicted molar refractivity (Wildman–Crippen MR) is 73.5 cm³/mol. The molecule has 1 unspecified atom stereocenters. The molecular formula is C14H19N3O. The molecule has 0 amide bonds. The van der Waals surface area contributed by atoms with Crippen molar-refractivity contribution in [2.75, 3.05) is 25.0 Å². The Morgan fingerprint density at radius 1 is 1.28 bits per heavy atom. The van der Waals surface area contributed by atoms with Crippen LogP contribution in [0.15, 0.2) is 29.3 Å². The Morgan fingerprint density at radius 2 is 2.22 bits per heavy atom. The van der Waals surface area contributed by atoms with Crippen LogP contribution in [0.5, 0.6) is 5.75 Å². The molecule has 0 aromatic heterocycles. The molecule has 2 aliphatic heterocycles. The van der Waals surface area contributed by atoms with Gasteiger partial charge in [-0.1, -0.05) is 18.6 Å². The van der Waals surface area contributed by atoms with Crippen molar-refractivity contribution in [2.24, 2.45) is 4.99 Å². The van der Waals surface area contributed by atoms with E-state index >= 15 is 0 Å². The fourth-order valence-electron chi connectivity index (χ4n) is 2.42. The van der Waals surface area contributed by atoms with Crippen molar-refractivity contribution < 1.29 is 4.74 Å². The molecule has 18 heavy (non-hydrogen) atoms. The number of hydrogen-bond donors (Lipinski definition) is 2. The Hall–Kier alpha value is -1.55. The highest BCUT2D eigenvalue weighted by Gasteiger charge is 2.15. The van der Waals surface area contributed by atoms with Gasteiger partial charge in [0.15, 0.2) is 0 Å². The number of amidine groups is 1. The minimum Gasteiger partial charge on any atom is -0.484 e. The predicted octanol–water partition coefficient (Wildman–Crippen LogP) is 2.03. The maximum atomic E-state index is 5.66. The van der Waals surface area contributed by atoms with Crippen LogP contribution in [0.1, 0.15) is 19.3 Å². The molecule has 1 fully saturated rings. The van der Waals surface area contributed by atoms with Crippen LogP contribution in [-0.2, 0) is 0 Å². The van der Waals surface area contributed by atoms with Gasteiger partial charge in [0.25, 0.3) is 0 Å². The number of nitrogens with one attached hydrogen (secondary N) is 2. The molecular weight excluding hydrogens is 226 g/mol. The molecule has 1 aromatic carbocycles. The lowest BCUT2D eigenvalue weighted by Crippen LogP contribution is -2.37. The zero-order valence-electron chi connectivity index (χ0n) is 10.5. The van der Waals surface area contributed by atoms with Gasteiger partial charge in [-0.3, -0.25) is 4.99 Å². The zero-order chi connectivity index (χ0) is 12.2. The normalized spacial score (nSPS) is 25.1. The van der Waals surface area contributed by atoms with Gasteiger partial charge in [-0.15, -0.1) is 0 Å². The van der Waals surface area contributed by atoms with E-state index in [9.17, 15) is 0 Å². The van der Waals surface area contributed by atoms with Gasteiger partial charge in [0.05, 0.1) is 12.2 Å².